The van der Waals surface area contributed by atoms with Crippen LogP contribution in [0.25, 0.3) is 0 Å². The molecule has 0 bridgehead atoms. The molecular weight excluding hydrogens is 267 g/mol. The van der Waals surface area contributed by atoms with Crippen molar-refractivity contribution in [3.05, 3.63) is 35.4 Å². The largest absolute Gasteiger partial charge is 0.411 e. The molecule has 1 atom stereocenters. The molecular formula is C15H22F3NO. The SMILES string of the molecule is CNC(COCC(F)(F)F)c1ccc(CC(C)C)cc1. The summed E-state index contributed by atoms with van der Waals surface area (Å²) in [6.45, 7) is 3.08. The summed E-state index contributed by atoms with van der Waals surface area (Å²) in [5.41, 5.74) is 2.16. The lowest BCUT2D eigenvalue weighted by atomic mass is 10.00. The van der Waals surface area contributed by atoms with Gasteiger partial charge in [-0.3, -0.25) is 0 Å². The van der Waals surface area contributed by atoms with Crippen molar-refractivity contribution in [2.24, 2.45) is 5.92 Å². The maximum absolute atomic E-state index is 12.0. The van der Waals surface area contributed by atoms with Crippen LogP contribution in [0.1, 0.15) is 31.0 Å². The van der Waals surface area contributed by atoms with Crippen molar-refractivity contribution in [3.8, 4) is 0 Å². The van der Waals surface area contributed by atoms with Crippen LogP contribution in [0.5, 0.6) is 0 Å². The van der Waals surface area contributed by atoms with E-state index in [9.17, 15) is 13.2 Å². The molecule has 114 valence electrons. The molecule has 1 aromatic rings. The summed E-state index contributed by atoms with van der Waals surface area (Å²) in [6, 6.07) is 7.68. The maximum Gasteiger partial charge on any atom is 0.411 e. The number of hydrogen-bond donors (Lipinski definition) is 1. The first-order chi connectivity index (χ1) is 9.31. The van der Waals surface area contributed by atoms with E-state index in [-0.39, 0.29) is 12.6 Å². The Morgan fingerprint density at radius 3 is 2.20 bits per heavy atom. The fourth-order valence-electron chi connectivity index (χ4n) is 2.00. The van der Waals surface area contributed by atoms with Gasteiger partial charge in [0.2, 0.25) is 0 Å². The minimum Gasteiger partial charge on any atom is -0.370 e. The van der Waals surface area contributed by atoms with Crippen LogP contribution in [-0.2, 0) is 11.2 Å². The fourth-order valence-corrected chi connectivity index (χ4v) is 2.00. The van der Waals surface area contributed by atoms with E-state index in [1.54, 1.807) is 7.05 Å². The molecule has 5 heteroatoms. The summed E-state index contributed by atoms with van der Waals surface area (Å²) < 4.78 is 40.8. The minimum absolute atomic E-state index is 0.000459. The van der Waals surface area contributed by atoms with E-state index in [4.69, 9.17) is 4.74 Å². The molecule has 2 nitrogen and oxygen atoms in total. The van der Waals surface area contributed by atoms with Crippen molar-refractivity contribution in [2.75, 3.05) is 20.3 Å². The van der Waals surface area contributed by atoms with Gasteiger partial charge in [-0.1, -0.05) is 38.1 Å². The Labute approximate surface area is 118 Å². The molecule has 0 fully saturated rings. The molecule has 1 rings (SSSR count). The summed E-state index contributed by atoms with van der Waals surface area (Å²) in [4.78, 5) is 0. The monoisotopic (exact) mass is 289 g/mol. The molecule has 0 aromatic heterocycles. The van der Waals surface area contributed by atoms with Crippen LogP contribution >= 0.6 is 0 Å². The molecule has 0 saturated carbocycles. The molecule has 0 amide bonds. The second kappa shape index (κ2) is 7.64. The van der Waals surface area contributed by atoms with Crippen molar-refractivity contribution in [1.29, 1.82) is 0 Å². The van der Waals surface area contributed by atoms with Crippen molar-refractivity contribution in [1.82, 2.24) is 5.32 Å². The van der Waals surface area contributed by atoms with Crippen LogP contribution in [0.15, 0.2) is 24.3 Å². The topological polar surface area (TPSA) is 21.3 Å². The minimum atomic E-state index is -4.28. The van der Waals surface area contributed by atoms with E-state index in [1.807, 2.05) is 24.3 Å². The van der Waals surface area contributed by atoms with Crippen molar-refractivity contribution < 1.29 is 17.9 Å². The molecule has 0 spiro atoms. The van der Waals surface area contributed by atoms with Gasteiger partial charge in [0.05, 0.1) is 12.6 Å². The van der Waals surface area contributed by atoms with Crippen LogP contribution in [0, 0.1) is 5.92 Å². The van der Waals surface area contributed by atoms with E-state index >= 15 is 0 Å². The van der Waals surface area contributed by atoms with E-state index in [0.29, 0.717) is 5.92 Å². The third-order valence-electron chi connectivity index (χ3n) is 2.92. The third-order valence-corrected chi connectivity index (χ3v) is 2.92. The number of halogens is 3. The zero-order chi connectivity index (χ0) is 15.2. The zero-order valence-electron chi connectivity index (χ0n) is 12.1. The first kappa shape index (κ1) is 17.0. The number of benzene rings is 1. The predicted octanol–water partition coefficient (Wildman–Crippen LogP) is 3.72. The van der Waals surface area contributed by atoms with E-state index in [2.05, 4.69) is 19.2 Å². The van der Waals surface area contributed by atoms with Gasteiger partial charge < -0.3 is 10.1 Å². The molecule has 0 heterocycles. The second-order valence-electron chi connectivity index (χ2n) is 5.31. The van der Waals surface area contributed by atoms with Gasteiger partial charge in [0, 0.05) is 0 Å². The Balaban J connectivity index is 2.56. The zero-order valence-corrected chi connectivity index (χ0v) is 12.1. The highest BCUT2D eigenvalue weighted by Gasteiger charge is 2.27. The quantitative estimate of drug-likeness (QED) is 0.826. The van der Waals surface area contributed by atoms with E-state index < -0.39 is 12.8 Å². The van der Waals surface area contributed by atoms with E-state index in [1.165, 1.54) is 5.56 Å². The van der Waals surface area contributed by atoms with Crippen LogP contribution in [0.3, 0.4) is 0 Å². The number of rotatable bonds is 7. The average molecular weight is 289 g/mol. The number of hydrogen-bond acceptors (Lipinski definition) is 2. The maximum atomic E-state index is 12.0. The van der Waals surface area contributed by atoms with Crippen molar-refractivity contribution in [3.63, 3.8) is 0 Å². The Hall–Kier alpha value is -1.07. The summed E-state index contributed by atoms with van der Waals surface area (Å²) in [5.74, 6) is 0.580. The highest BCUT2D eigenvalue weighted by Crippen LogP contribution is 2.19. The fraction of sp³-hybridized carbons (Fsp3) is 0.600. The predicted molar refractivity (Wildman–Crippen MR) is 73.7 cm³/mol. The van der Waals surface area contributed by atoms with Crippen LogP contribution in [0.4, 0.5) is 13.2 Å². The van der Waals surface area contributed by atoms with Gasteiger partial charge in [-0.15, -0.1) is 0 Å². The number of alkyl halides is 3. The van der Waals surface area contributed by atoms with Gasteiger partial charge >= 0.3 is 6.18 Å². The van der Waals surface area contributed by atoms with Gasteiger partial charge in [0.1, 0.15) is 6.61 Å². The smallest absolute Gasteiger partial charge is 0.370 e. The molecule has 0 saturated heterocycles. The standard InChI is InChI=1S/C15H22F3NO/c1-11(2)8-12-4-6-13(7-5-12)14(19-3)9-20-10-15(16,17)18/h4-7,11,14,19H,8-10H2,1-3H3. The van der Waals surface area contributed by atoms with Gasteiger partial charge in [-0.05, 0) is 30.5 Å². The summed E-state index contributed by atoms with van der Waals surface area (Å²) >= 11 is 0. The molecule has 0 radical (unpaired) electrons. The summed E-state index contributed by atoms with van der Waals surface area (Å²) in [7, 11) is 1.71. The lowest BCUT2D eigenvalue weighted by Crippen LogP contribution is -2.25. The molecule has 0 aliphatic carbocycles. The lowest BCUT2D eigenvalue weighted by Gasteiger charge is -2.18. The van der Waals surface area contributed by atoms with Gasteiger partial charge in [-0.25, -0.2) is 0 Å². The average Bonchev–Trinajstić information content (AvgIpc) is 2.34. The first-order valence-corrected chi connectivity index (χ1v) is 6.72. The molecule has 1 unspecified atom stereocenters. The normalized spacial score (nSPS) is 13.8. The first-order valence-electron chi connectivity index (χ1n) is 6.72. The molecule has 0 aliphatic rings. The summed E-state index contributed by atoms with van der Waals surface area (Å²) in [5, 5.41) is 2.97. The highest BCUT2D eigenvalue weighted by atomic mass is 19.4. The van der Waals surface area contributed by atoms with Crippen LogP contribution < -0.4 is 5.32 Å². The molecule has 0 aliphatic heterocycles. The van der Waals surface area contributed by atoms with Gasteiger partial charge in [0.25, 0.3) is 0 Å². The van der Waals surface area contributed by atoms with Gasteiger partial charge in [0.15, 0.2) is 0 Å². The van der Waals surface area contributed by atoms with Crippen LogP contribution in [0.2, 0.25) is 0 Å². The van der Waals surface area contributed by atoms with Gasteiger partial charge in [-0.2, -0.15) is 13.2 Å². The molecule has 1 aromatic carbocycles. The summed E-state index contributed by atoms with van der Waals surface area (Å²) in [6.07, 6.45) is -3.28. The highest BCUT2D eigenvalue weighted by molar-refractivity contribution is 5.25. The third kappa shape index (κ3) is 6.39. The second-order valence-corrected chi connectivity index (χ2v) is 5.31. The Bertz CT molecular complexity index is 387. The Morgan fingerprint density at radius 2 is 1.75 bits per heavy atom. The number of ether oxygens (including phenoxy) is 1. The van der Waals surface area contributed by atoms with Crippen molar-refractivity contribution in [2.45, 2.75) is 32.5 Å². The van der Waals surface area contributed by atoms with E-state index in [0.717, 1.165) is 12.0 Å². The Morgan fingerprint density at radius 1 is 1.15 bits per heavy atom. The number of nitrogens with one attached hydrogen (secondary N) is 1. The lowest BCUT2D eigenvalue weighted by molar-refractivity contribution is -0.175. The van der Waals surface area contributed by atoms with Crippen molar-refractivity contribution >= 4 is 0 Å². The molecule has 20 heavy (non-hydrogen) atoms. The molecule has 1 N–H and O–H groups in total. The Kier molecular flexibility index (Phi) is 6.49. The van der Waals surface area contributed by atoms with Crippen LogP contribution in [-0.4, -0.2) is 26.4 Å². The number of likely N-dealkylation sites (N-methyl/N-ethyl adjacent to an activating group) is 1.